The van der Waals surface area contributed by atoms with Crippen LogP contribution < -0.4 is 5.32 Å². The number of nitrogens with one attached hydrogen (secondary N) is 1. The average Bonchev–Trinajstić information content (AvgIpc) is 2.74. The molecule has 1 aromatic rings. The van der Waals surface area contributed by atoms with E-state index in [-0.39, 0.29) is 0 Å². The molecule has 1 heterocycles. The van der Waals surface area contributed by atoms with Crippen molar-refractivity contribution >= 4 is 23.1 Å². The molecule has 2 rings (SSSR count). The van der Waals surface area contributed by atoms with E-state index in [1.807, 2.05) is 11.4 Å². The van der Waals surface area contributed by atoms with Crippen LogP contribution in [0.3, 0.4) is 0 Å². The molecule has 1 aliphatic carbocycles. The van der Waals surface area contributed by atoms with Crippen molar-refractivity contribution in [3.63, 3.8) is 0 Å². The standard InChI is InChI=1S/C10H12N2O2S/c1-11-10(13)14-12-8-3-2-4-9-7(8)5-6-15-9/h5-6H,2-4H2,1H3,(H,11,13). The van der Waals surface area contributed by atoms with Gasteiger partial charge in [-0.1, -0.05) is 5.16 Å². The number of oxime groups is 1. The largest absolute Gasteiger partial charge is 0.433 e. The highest BCUT2D eigenvalue weighted by Gasteiger charge is 2.17. The van der Waals surface area contributed by atoms with Gasteiger partial charge >= 0.3 is 6.09 Å². The molecule has 0 saturated carbocycles. The first-order chi connectivity index (χ1) is 7.31. The van der Waals surface area contributed by atoms with E-state index in [0.717, 1.165) is 30.5 Å². The lowest BCUT2D eigenvalue weighted by Gasteiger charge is -2.12. The normalized spacial score (nSPS) is 17.3. The third-order valence-corrected chi connectivity index (χ3v) is 3.30. The van der Waals surface area contributed by atoms with E-state index in [4.69, 9.17) is 4.84 Å². The van der Waals surface area contributed by atoms with Crippen molar-refractivity contribution in [2.75, 3.05) is 7.05 Å². The predicted molar refractivity (Wildman–Crippen MR) is 59.3 cm³/mol. The molecule has 0 aromatic carbocycles. The molecule has 80 valence electrons. The van der Waals surface area contributed by atoms with Gasteiger partial charge < -0.3 is 5.32 Å². The highest BCUT2D eigenvalue weighted by atomic mass is 32.1. The number of hydrogen-bond acceptors (Lipinski definition) is 4. The maximum Gasteiger partial charge on any atom is 0.433 e. The summed E-state index contributed by atoms with van der Waals surface area (Å²) in [5.41, 5.74) is 2.01. The molecular formula is C10H12N2O2S. The van der Waals surface area contributed by atoms with Gasteiger partial charge in [0, 0.05) is 17.5 Å². The average molecular weight is 224 g/mol. The Morgan fingerprint density at radius 2 is 2.47 bits per heavy atom. The number of amides is 1. The van der Waals surface area contributed by atoms with Crippen molar-refractivity contribution in [1.82, 2.24) is 5.32 Å². The summed E-state index contributed by atoms with van der Waals surface area (Å²) < 4.78 is 0. The van der Waals surface area contributed by atoms with Crippen LogP contribution in [0, 0.1) is 0 Å². The molecule has 0 bridgehead atoms. The lowest BCUT2D eigenvalue weighted by Crippen LogP contribution is -2.18. The fourth-order valence-electron chi connectivity index (χ4n) is 1.58. The number of rotatable bonds is 1. The summed E-state index contributed by atoms with van der Waals surface area (Å²) in [6, 6.07) is 2.03. The van der Waals surface area contributed by atoms with Crippen LogP contribution in [0.5, 0.6) is 0 Å². The maximum absolute atomic E-state index is 10.9. The summed E-state index contributed by atoms with van der Waals surface area (Å²) in [5.74, 6) is 0. The Kier molecular flexibility index (Phi) is 3.01. The minimum Gasteiger partial charge on any atom is -0.323 e. The second-order valence-corrected chi connectivity index (χ2v) is 4.28. The first-order valence-electron chi connectivity index (χ1n) is 4.83. The summed E-state index contributed by atoms with van der Waals surface area (Å²) >= 11 is 1.73. The summed E-state index contributed by atoms with van der Waals surface area (Å²) in [6.45, 7) is 0. The minimum atomic E-state index is -0.523. The zero-order valence-electron chi connectivity index (χ0n) is 8.45. The van der Waals surface area contributed by atoms with Gasteiger partial charge in [-0.15, -0.1) is 11.3 Å². The van der Waals surface area contributed by atoms with E-state index >= 15 is 0 Å². The molecule has 1 aliphatic rings. The van der Waals surface area contributed by atoms with E-state index in [1.54, 1.807) is 11.3 Å². The Morgan fingerprint density at radius 3 is 3.27 bits per heavy atom. The zero-order chi connectivity index (χ0) is 10.7. The maximum atomic E-state index is 10.9. The van der Waals surface area contributed by atoms with Crippen molar-refractivity contribution < 1.29 is 9.63 Å². The fraction of sp³-hybridized carbons (Fsp3) is 0.400. The number of nitrogens with zero attached hydrogens (tertiary/aromatic N) is 1. The number of fused-ring (bicyclic) bond motifs is 1. The fourth-order valence-corrected chi connectivity index (χ4v) is 2.52. The number of aryl methyl sites for hydroxylation is 1. The van der Waals surface area contributed by atoms with Gasteiger partial charge in [-0.2, -0.15) is 0 Å². The van der Waals surface area contributed by atoms with Crippen LogP contribution in [0.1, 0.15) is 23.3 Å². The SMILES string of the molecule is CNC(=O)ON=C1CCCc2sccc21. The van der Waals surface area contributed by atoms with E-state index in [0.29, 0.717) is 0 Å². The van der Waals surface area contributed by atoms with E-state index in [1.165, 1.54) is 11.9 Å². The molecule has 1 amide bonds. The molecule has 0 saturated heterocycles. The van der Waals surface area contributed by atoms with Crippen LogP contribution in [0.15, 0.2) is 16.6 Å². The number of carbonyl (C=O) groups excluding carboxylic acids is 1. The molecule has 0 unspecified atom stereocenters. The highest BCUT2D eigenvalue weighted by Crippen LogP contribution is 2.26. The van der Waals surface area contributed by atoms with Crippen molar-refractivity contribution in [3.8, 4) is 0 Å². The predicted octanol–water partition coefficient (Wildman–Crippen LogP) is 2.14. The molecule has 1 aromatic heterocycles. The summed E-state index contributed by atoms with van der Waals surface area (Å²) in [7, 11) is 1.51. The second kappa shape index (κ2) is 4.44. The van der Waals surface area contributed by atoms with Gasteiger partial charge in [-0.25, -0.2) is 4.79 Å². The molecular weight excluding hydrogens is 212 g/mol. The smallest absolute Gasteiger partial charge is 0.323 e. The minimum absolute atomic E-state index is 0.523. The van der Waals surface area contributed by atoms with Crippen LogP contribution in [-0.4, -0.2) is 18.9 Å². The van der Waals surface area contributed by atoms with E-state index < -0.39 is 6.09 Å². The Hall–Kier alpha value is -1.36. The van der Waals surface area contributed by atoms with E-state index in [2.05, 4.69) is 10.5 Å². The van der Waals surface area contributed by atoms with Gasteiger partial charge in [0.2, 0.25) is 0 Å². The Labute approximate surface area is 91.9 Å². The van der Waals surface area contributed by atoms with Gasteiger partial charge in [0.05, 0.1) is 5.71 Å². The first kappa shape index (κ1) is 10.2. The molecule has 4 nitrogen and oxygen atoms in total. The van der Waals surface area contributed by atoms with Gasteiger partial charge in [0.15, 0.2) is 0 Å². The van der Waals surface area contributed by atoms with Crippen LogP contribution in [-0.2, 0) is 11.3 Å². The van der Waals surface area contributed by atoms with Crippen molar-refractivity contribution in [1.29, 1.82) is 0 Å². The van der Waals surface area contributed by atoms with Crippen molar-refractivity contribution in [2.45, 2.75) is 19.3 Å². The van der Waals surface area contributed by atoms with Crippen LogP contribution >= 0.6 is 11.3 Å². The van der Waals surface area contributed by atoms with Gasteiger partial charge in [0.25, 0.3) is 0 Å². The van der Waals surface area contributed by atoms with Gasteiger partial charge in [0.1, 0.15) is 0 Å². The van der Waals surface area contributed by atoms with Gasteiger partial charge in [-0.05, 0) is 30.7 Å². The number of carbonyl (C=O) groups is 1. The first-order valence-corrected chi connectivity index (χ1v) is 5.71. The molecule has 0 spiro atoms. The third kappa shape index (κ3) is 2.18. The monoisotopic (exact) mass is 224 g/mol. The lowest BCUT2D eigenvalue weighted by molar-refractivity contribution is 0.153. The van der Waals surface area contributed by atoms with Crippen LogP contribution in [0.2, 0.25) is 0 Å². The van der Waals surface area contributed by atoms with Crippen molar-refractivity contribution in [3.05, 3.63) is 21.9 Å². The Bertz CT molecular complexity index is 398. The molecule has 0 atom stereocenters. The number of thiophene rings is 1. The molecule has 0 radical (unpaired) electrons. The molecule has 0 fully saturated rings. The molecule has 5 heteroatoms. The molecule has 0 aliphatic heterocycles. The third-order valence-electron chi connectivity index (χ3n) is 2.32. The topological polar surface area (TPSA) is 50.7 Å². The zero-order valence-corrected chi connectivity index (χ0v) is 9.26. The molecule has 15 heavy (non-hydrogen) atoms. The summed E-state index contributed by atoms with van der Waals surface area (Å²) in [5, 5.41) is 8.28. The quantitative estimate of drug-likeness (QED) is 0.587. The Balaban J connectivity index is 2.15. The van der Waals surface area contributed by atoms with Gasteiger partial charge in [-0.3, -0.25) is 4.84 Å². The number of hydrogen-bond donors (Lipinski definition) is 1. The van der Waals surface area contributed by atoms with Crippen molar-refractivity contribution in [2.24, 2.45) is 5.16 Å². The van der Waals surface area contributed by atoms with Crippen LogP contribution in [0.4, 0.5) is 4.79 Å². The Morgan fingerprint density at radius 1 is 1.60 bits per heavy atom. The highest BCUT2D eigenvalue weighted by molar-refractivity contribution is 7.10. The summed E-state index contributed by atoms with van der Waals surface area (Å²) in [6.07, 6.45) is 2.53. The van der Waals surface area contributed by atoms with Crippen LogP contribution in [0.25, 0.3) is 0 Å². The second-order valence-electron chi connectivity index (χ2n) is 3.28. The van der Waals surface area contributed by atoms with E-state index in [9.17, 15) is 4.79 Å². The summed E-state index contributed by atoms with van der Waals surface area (Å²) in [4.78, 5) is 16.9. The molecule has 1 N–H and O–H groups in total. The lowest BCUT2D eigenvalue weighted by atomic mass is 9.97.